The Morgan fingerprint density at radius 2 is 2.00 bits per heavy atom. The van der Waals surface area contributed by atoms with E-state index in [0.29, 0.717) is 23.3 Å². The van der Waals surface area contributed by atoms with E-state index in [1.54, 1.807) is 35.2 Å². The second kappa shape index (κ2) is 6.65. The summed E-state index contributed by atoms with van der Waals surface area (Å²) in [4.78, 5) is 5.74. The number of aliphatic hydroxyl groups is 1. The van der Waals surface area contributed by atoms with E-state index >= 15 is 0 Å². The number of rotatable bonds is 4. The monoisotopic (exact) mass is 367 g/mol. The van der Waals surface area contributed by atoms with Crippen molar-refractivity contribution in [3.05, 3.63) is 41.0 Å². The van der Waals surface area contributed by atoms with Crippen molar-refractivity contribution >= 4 is 21.6 Å². The van der Waals surface area contributed by atoms with E-state index < -0.39 is 23.2 Å². The van der Waals surface area contributed by atoms with E-state index in [4.69, 9.17) is 5.26 Å². The quantitative estimate of drug-likeness (QED) is 0.832. The van der Waals surface area contributed by atoms with Crippen molar-refractivity contribution < 1.29 is 18.3 Å². The number of benzene rings is 1. The van der Waals surface area contributed by atoms with Gasteiger partial charge in [0.2, 0.25) is 5.60 Å². The molecule has 25 heavy (non-hydrogen) atoms. The van der Waals surface area contributed by atoms with E-state index in [9.17, 15) is 18.3 Å². The minimum Gasteiger partial charge on any atom is -0.374 e. The lowest BCUT2D eigenvalue weighted by atomic mass is 9.96. The zero-order valence-corrected chi connectivity index (χ0v) is 14.1. The normalized spacial score (nSPS) is 18.4. The molecule has 1 unspecified atom stereocenters. The largest absolute Gasteiger partial charge is 0.424 e. The standard InChI is InChI=1S/C17H16F3N3OS/c18-17(19,20)16(24,11-12(7-8-21)23-9-3-4-10-23)15-22-13-5-1-2-6-14(13)25-15/h1-2,5-7,24H,3-4,9-11H2/b12-7-. The molecule has 0 radical (unpaired) electrons. The fourth-order valence-electron chi connectivity index (χ4n) is 2.94. The molecule has 1 aliphatic heterocycles. The lowest BCUT2D eigenvalue weighted by molar-refractivity contribution is -0.267. The van der Waals surface area contributed by atoms with Crippen molar-refractivity contribution in [2.75, 3.05) is 13.1 Å². The number of aromatic nitrogens is 1. The van der Waals surface area contributed by atoms with Crippen LogP contribution in [0.1, 0.15) is 24.3 Å². The van der Waals surface area contributed by atoms with Crippen LogP contribution < -0.4 is 0 Å². The van der Waals surface area contributed by atoms with Gasteiger partial charge in [-0.25, -0.2) is 4.98 Å². The Kier molecular flexibility index (Phi) is 4.71. The molecule has 2 aromatic rings. The third-order valence-corrected chi connectivity index (χ3v) is 5.48. The molecule has 4 nitrogen and oxygen atoms in total. The molecule has 1 atom stereocenters. The molecule has 0 aliphatic carbocycles. The number of fused-ring (bicyclic) bond motifs is 1. The Morgan fingerprint density at radius 3 is 2.60 bits per heavy atom. The van der Waals surface area contributed by atoms with E-state index in [0.717, 1.165) is 30.3 Å². The van der Waals surface area contributed by atoms with Crippen LogP contribution in [-0.2, 0) is 5.60 Å². The number of hydrogen-bond donors (Lipinski definition) is 1. The van der Waals surface area contributed by atoms with E-state index in [-0.39, 0.29) is 5.70 Å². The van der Waals surface area contributed by atoms with Crippen LogP contribution in [0.4, 0.5) is 13.2 Å². The van der Waals surface area contributed by atoms with Gasteiger partial charge in [0.15, 0.2) is 0 Å². The summed E-state index contributed by atoms with van der Waals surface area (Å²) in [5.41, 5.74) is -2.52. The van der Waals surface area contributed by atoms with Gasteiger partial charge in [-0.3, -0.25) is 0 Å². The van der Waals surface area contributed by atoms with Crippen LogP contribution in [0.5, 0.6) is 0 Å². The number of thiazole rings is 1. The number of hydrogen-bond acceptors (Lipinski definition) is 5. The third kappa shape index (κ3) is 3.34. The first-order chi connectivity index (χ1) is 11.8. The van der Waals surface area contributed by atoms with Crippen LogP contribution >= 0.6 is 11.3 Å². The van der Waals surface area contributed by atoms with Gasteiger partial charge in [0.25, 0.3) is 0 Å². The summed E-state index contributed by atoms with van der Waals surface area (Å²) in [5.74, 6) is 0. The predicted octanol–water partition coefficient (Wildman–Crippen LogP) is 3.94. The van der Waals surface area contributed by atoms with Gasteiger partial charge < -0.3 is 10.0 Å². The number of para-hydroxylation sites is 1. The summed E-state index contributed by atoms with van der Waals surface area (Å²) in [6.07, 6.45) is -2.82. The highest BCUT2D eigenvalue weighted by Gasteiger charge is 2.57. The van der Waals surface area contributed by atoms with E-state index in [2.05, 4.69) is 4.98 Å². The van der Waals surface area contributed by atoms with Gasteiger partial charge in [-0.2, -0.15) is 18.4 Å². The molecule has 0 amide bonds. The maximum absolute atomic E-state index is 13.8. The fraction of sp³-hybridized carbons (Fsp3) is 0.412. The average molecular weight is 367 g/mol. The Bertz CT molecular complexity index is 801. The van der Waals surface area contributed by atoms with Crippen molar-refractivity contribution in [1.29, 1.82) is 5.26 Å². The van der Waals surface area contributed by atoms with Gasteiger partial charge in [-0.05, 0) is 25.0 Å². The highest BCUT2D eigenvalue weighted by atomic mass is 32.1. The number of nitriles is 1. The van der Waals surface area contributed by atoms with Gasteiger partial charge in [-0.15, -0.1) is 11.3 Å². The molecular weight excluding hydrogens is 351 g/mol. The molecule has 132 valence electrons. The highest BCUT2D eigenvalue weighted by molar-refractivity contribution is 7.18. The zero-order chi connectivity index (χ0) is 18.1. The van der Waals surface area contributed by atoms with Gasteiger partial charge in [-0.1, -0.05) is 12.1 Å². The smallest absolute Gasteiger partial charge is 0.374 e. The first-order valence-electron chi connectivity index (χ1n) is 7.84. The number of likely N-dealkylation sites (tertiary alicyclic amines) is 1. The second-order valence-electron chi connectivity index (χ2n) is 5.98. The lowest BCUT2D eigenvalue weighted by Gasteiger charge is -2.32. The van der Waals surface area contributed by atoms with Crippen molar-refractivity contribution in [3.63, 3.8) is 0 Å². The number of allylic oxidation sites excluding steroid dienone is 1. The zero-order valence-electron chi connectivity index (χ0n) is 13.3. The summed E-state index contributed by atoms with van der Waals surface area (Å²) < 4.78 is 42.0. The second-order valence-corrected chi connectivity index (χ2v) is 7.01. The van der Waals surface area contributed by atoms with Gasteiger partial charge in [0, 0.05) is 31.3 Å². The van der Waals surface area contributed by atoms with Crippen molar-refractivity contribution in [2.45, 2.75) is 31.0 Å². The molecule has 0 bridgehead atoms. The SMILES string of the molecule is N#C/C=C(/CC(O)(c1nc2ccccc2s1)C(F)(F)F)N1CCCC1. The fourth-order valence-corrected chi connectivity index (χ4v) is 4.02. The van der Waals surface area contributed by atoms with Crippen molar-refractivity contribution in [3.8, 4) is 6.07 Å². The minimum absolute atomic E-state index is 0.194. The first kappa shape index (κ1) is 17.7. The Morgan fingerprint density at radius 1 is 1.32 bits per heavy atom. The van der Waals surface area contributed by atoms with E-state index in [1.807, 2.05) is 0 Å². The average Bonchev–Trinajstić information content (AvgIpc) is 3.22. The van der Waals surface area contributed by atoms with Crippen LogP contribution in [0, 0.1) is 11.3 Å². The number of nitrogens with zero attached hydrogens (tertiary/aromatic N) is 3. The maximum atomic E-state index is 13.8. The van der Waals surface area contributed by atoms with Crippen molar-refractivity contribution in [1.82, 2.24) is 9.88 Å². The molecule has 3 rings (SSSR count). The van der Waals surface area contributed by atoms with Gasteiger partial charge >= 0.3 is 6.18 Å². The Balaban J connectivity index is 2.03. The lowest BCUT2D eigenvalue weighted by Crippen LogP contribution is -2.44. The molecule has 8 heteroatoms. The van der Waals surface area contributed by atoms with Gasteiger partial charge in [0.1, 0.15) is 5.01 Å². The van der Waals surface area contributed by atoms with Crippen LogP contribution in [0.15, 0.2) is 36.0 Å². The van der Waals surface area contributed by atoms with Gasteiger partial charge in [0.05, 0.1) is 16.3 Å². The highest BCUT2D eigenvalue weighted by Crippen LogP contribution is 2.46. The molecule has 1 aromatic heterocycles. The molecule has 1 aromatic carbocycles. The Hall–Kier alpha value is -2.11. The first-order valence-corrected chi connectivity index (χ1v) is 8.65. The summed E-state index contributed by atoms with van der Waals surface area (Å²) in [6.45, 7) is 1.17. The minimum atomic E-state index is -4.91. The van der Waals surface area contributed by atoms with Crippen LogP contribution in [0.25, 0.3) is 10.2 Å². The summed E-state index contributed by atoms with van der Waals surface area (Å²) in [7, 11) is 0. The molecule has 1 saturated heterocycles. The van der Waals surface area contributed by atoms with E-state index in [1.165, 1.54) is 0 Å². The topological polar surface area (TPSA) is 60.1 Å². The van der Waals surface area contributed by atoms with Crippen LogP contribution in [-0.4, -0.2) is 34.3 Å². The molecule has 1 fully saturated rings. The summed E-state index contributed by atoms with van der Waals surface area (Å²) >= 11 is 0.824. The molecule has 0 spiro atoms. The maximum Gasteiger partial charge on any atom is 0.424 e. The summed E-state index contributed by atoms with van der Waals surface area (Å²) in [6, 6.07) is 8.47. The number of alkyl halides is 3. The molecule has 1 aliphatic rings. The molecule has 1 N–H and O–H groups in total. The van der Waals surface area contributed by atoms with Crippen molar-refractivity contribution in [2.24, 2.45) is 0 Å². The summed E-state index contributed by atoms with van der Waals surface area (Å²) in [5, 5.41) is 19.2. The number of halogens is 3. The predicted molar refractivity (Wildman–Crippen MR) is 88.7 cm³/mol. The van der Waals surface area contributed by atoms with Crippen LogP contribution in [0.2, 0.25) is 0 Å². The Labute approximate surface area is 146 Å². The molecule has 0 saturated carbocycles. The molecule has 2 heterocycles. The third-order valence-electron chi connectivity index (χ3n) is 4.30. The molecular formula is C17H16F3N3OS. The van der Waals surface area contributed by atoms with Crippen LogP contribution in [0.3, 0.4) is 0 Å².